The molecule has 2 saturated carbocycles. The Kier molecular flexibility index (Phi) is 5.69. The highest BCUT2D eigenvalue weighted by Crippen LogP contribution is 2.44. The van der Waals surface area contributed by atoms with Gasteiger partial charge >= 0.3 is 0 Å². The molecule has 1 amide bonds. The molecule has 28 heavy (non-hydrogen) atoms. The first-order valence-electron chi connectivity index (χ1n) is 10.0. The molecule has 0 aromatic heterocycles. The molecule has 1 heterocycles. The van der Waals surface area contributed by atoms with Crippen LogP contribution in [0.5, 0.6) is 0 Å². The minimum absolute atomic E-state index is 0.000296. The number of nitrogens with zero attached hydrogens (tertiary/aromatic N) is 1. The zero-order valence-electron chi connectivity index (χ0n) is 15.7. The molecular formula is C20H26ClFN2O3S. The quantitative estimate of drug-likeness (QED) is 0.782. The van der Waals surface area contributed by atoms with Crippen molar-refractivity contribution in [1.29, 1.82) is 0 Å². The van der Waals surface area contributed by atoms with E-state index in [2.05, 4.69) is 5.32 Å². The minimum Gasteiger partial charge on any atom is -0.353 e. The number of rotatable bonds is 5. The predicted octanol–water partition coefficient (Wildman–Crippen LogP) is 3.33. The zero-order valence-corrected chi connectivity index (χ0v) is 17.3. The molecule has 2 bridgehead atoms. The molecule has 3 atom stereocenters. The first kappa shape index (κ1) is 20.1. The molecule has 1 aliphatic heterocycles. The molecule has 4 rings (SSSR count). The number of hydrogen-bond donors (Lipinski definition) is 1. The number of benzene rings is 1. The third kappa shape index (κ3) is 4.07. The molecule has 0 unspecified atom stereocenters. The zero-order chi connectivity index (χ0) is 19.9. The van der Waals surface area contributed by atoms with Crippen molar-refractivity contribution in [2.24, 2.45) is 17.8 Å². The Bertz CT molecular complexity index is 835. The van der Waals surface area contributed by atoms with Gasteiger partial charge in [0.25, 0.3) is 0 Å². The lowest BCUT2D eigenvalue weighted by Crippen LogP contribution is -2.46. The van der Waals surface area contributed by atoms with Crippen LogP contribution in [-0.2, 0) is 20.6 Å². The number of halogens is 2. The molecule has 3 fully saturated rings. The van der Waals surface area contributed by atoms with Gasteiger partial charge in [0.1, 0.15) is 5.82 Å². The van der Waals surface area contributed by atoms with E-state index in [4.69, 9.17) is 11.6 Å². The summed E-state index contributed by atoms with van der Waals surface area (Å²) in [6.07, 6.45) is 5.82. The number of carbonyl (C=O) groups excluding carboxylic acids is 1. The van der Waals surface area contributed by atoms with Gasteiger partial charge in [-0.1, -0.05) is 24.1 Å². The summed E-state index contributed by atoms with van der Waals surface area (Å²) in [5.41, 5.74) is 0.000296. The summed E-state index contributed by atoms with van der Waals surface area (Å²) >= 11 is 5.97. The second-order valence-electron chi connectivity index (χ2n) is 8.42. The number of amides is 1. The van der Waals surface area contributed by atoms with Crippen LogP contribution >= 0.6 is 11.6 Å². The lowest BCUT2D eigenvalue weighted by atomic mass is 9.93. The second kappa shape index (κ2) is 7.92. The van der Waals surface area contributed by atoms with Crippen molar-refractivity contribution in [2.45, 2.75) is 50.3 Å². The predicted molar refractivity (Wildman–Crippen MR) is 106 cm³/mol. The van der Waals surface area contributed by atoms with Crippen LogP contribution in [0, 0.1) is 23.6 Å². The Morgan fingerprint density at radius 1 is 1.18 bits per heavy atom. The van der Waals surface area contributed by atoms with Crippen molar-refractivity contribution in [3.63, 3.8) is 0 Å². The van der Waals surface area contributed by atoms with Crippen LogP contribution in [0.2, 0.25) is 5.02 Å². The standard InChI is InChI=1S/C20H26ClFN2O3S/c21-17-2-1-3-18(22)16(17)12-28(26,27)24-8-6-14(7-9-24)20(25)23-19-11-13-4-5-15(19)10-13/h1-3,13-15,19H,4-12H2,(H,23,25)/t13-,15+,19+/m0/s1. The van der Waals surface area contributed by atoms with E-state index in [1.54, 1.807) is 0 Å². The Morgan fingerprint density at radius 3 is 2.54 bits per heavy atom. The van der Waals surface area contributed by atoms with Gasteiger partial charge in [-0.25, -0.2) is 17.1 Å². The third-order valence-corrected chi connectivity index (χ3v) is 8.83. The Labute approximate surface area is 170 Å². The fourth-order valence-electron chi connectivity index (χ4n) is 5.06. The van der Waals surface area contributed by atoms with E-state index >= 15 is 0 Å². The average Bonchev–Trinajstić information content (AvgIpc) is 3.28. The molecule has 0 spiro atoms. The van der Waals surface area contributed by atoms with Crippen LogP contribution in [0.1, 0.15) is 44.1 Å². The summed E-state index contributed by atoms with van der Waals surface area (Å²) < 4.78 is 40.7. The molecular weight excluding hydrogens is 403 g/mol. The molecule has 1 aromatic rings. The van der Waals surface area contributed by atoms with E-state index in [0.29, 0.717) is 24.8 Å². The van der Waals surface area contributed by atoms with E-state index in [1.165, 1.54) is 41.8 Å². The third-order valence-electron chi connectivity index (χ3n) is 6.67. The Hall–Kier alpha value is -1.18. The fraction of sp³-hybridized carbons (Fsp3) is 0.650. The van der Waals surface area contributed by atoms with E-state index in [0.717, 1.165) is 12.3 Å². The van der Waals surface area contributed by atoms with Gasteiger partial charge in [-0.15, -0.1) is 0 Å². The van der Waals surface area contributed by atoms with E-state index in [9.17, 15) is 17.6 Å². The Balaban J connectivity index is 1.32. The van der Waals surface area contributed by atoms with Crippen molar-refractivity contribution in [3.8, 4) is 0 Å². The van der Waals surface area contributed by atoms with E-state index in [-0.39, 0.29) is 35.5 Å². The summed E-state index contributed by atoms with van der Waals surface area (Å²) in [6.45, 7) is 0.562. The summed E-state index contributed by atoms with van der Waals surface area (Å²) in [6, 6.07) is 4.45. The summed E-state index contributed by atoms with van der Waals surface area (Å²) in [5, 5.41) is 3.33. The second-order valence-corrected chi connectivity index (χ2v) is 10.8. The molecule has 0 radical (unpaired) electrons. The molecule has 5 nitrogen and oxygen atoms in total. The molecule has 154 valence electrons. The van der Waals surface area contributed by atoms with Gasteiger partial charge < -0.3 is 5.32 Å². The number of sulfonamides is 1. The van der Waals surface area contributed by atoms with Crippen molar-refractivity contribution < 1.29 is 17.6 Å². The molecule has 1 saturated heterocycles. The van der Waals surface area contributed by atoms with Crippen LogP contribution in [-0.4, -0.2) is 37.8 Å². The summed E-state index contributed by atoms with van der Waals surface area (Å²) in [5.74, 6) is 0.235. The van der Waals surface area contributed by atoms with E-state index < -0.39 is 21.6 Å². The van der Waals surface area contributed by atoms with Crippen molar-refractivity contribution in [2.75, 3.05) is 13.1 Å². The largest absolute Gasteiger partial charge is 0.353 e. The lowest BCUT2D eigenvalue weighted by molar-refractivity contribution is -0.127. The van der Waals surface area contributed by atoms with Crippen molar-refractivity contribution in [1.82, 2.24) is 9.62 Å². The number of carbonyl (C=O) groups is 1. The van der Waals surface area contributed by atoms with Gasteiger partial charge in [-0.05, 0) is 56.1 Å². The molecule has 8 heteroatoms. The normalized spacial score (nSPS) is 28.6. The number of nitrogens with one attached hydrogen (secondary N) is 1. The van der Waals surface area contributed by atoms with Crippen LogP contribution in [0.4, 0.5) is 4.39 Å². The van der Waals surface area contributed by atoms with Gasteiger partial charge in [0, 0.05) is 35.6 Å². The van der Waals surface area contributed by atoms with Crippen LogP contribution in [0.25, 0.3) is 0 Å². The monoisotopic (exact) mass is 428 g/mol. The van der Waals surface area contributed by atoms with Gasteiger partial charge in [-0.2, -0.15) is 0 Å². The van der Waals surface area contributed by atoms with E-state index in [1.807, 2.05) is 0 Å². The highest BCUT2D eigenvalue weighted by atomic mass is 35.5. The molecule has 1 aromatic carbocycles. The minimum atomic E-state index is -3.68. The first-order valence-corrected chi connectivity index (χ1v) is 12.0. The summed E-state index contributed by atoms with van der Waals surface area (Å²) in [7, 11) is -3.68. The highest BCUT2D eigenvalue weighted by Gasteiger charge is 2.41. The lowest BCUT2D eigenvalue weighted by Gasteiger charge is -2.32. The maximum atomic E-state index is 14.0. The molecule has 1 N–H and O–H groups in total. The van der Waals surface area contributed by atoms with Crippen LogP contribution in [0.3, 0.4) is 0 Å². The highest BCUT2D eigenvalue weighted by molar-refractivity contribution is 7.88. The van der Waals surface area contributed by atoms with Gasteiger partial charge in [0.05, 0.1) is 5.75 Å². The number of piperidine rings is 1. The Morgan fingerprint density at radius 2 is 1.93 bits per heavy atom. The number of fused-ring (bicyclic) bond motifs is 2. The SMILES string of the molecule is O=C(N[C@@H]1C[C@H]2CC[C@@H]1C2)C1CCN(S(=O)(=O)Cc2c(F)cccc2Cl)CC1. The molecule has 3 aliphatic rings. The maximum Gasteiger partial charge on any atom is 0.223 e. The van der Waals surface area contributed by atoms with Crippen molar-refractivity contribution in [3.05, 3.63) is 34.6 Å². The average molecular weight is 429 g/mol. The smallest absolute Gasteiger partial charge is 0.223 e. The van der Waals surface area contributed by atoms with Crippen LogP contribution < -0.4 is 5.32 Å². The van der Waals surface area contributed by atoms with Gasteiger partial charge in [0.2, 0.25) is 15.9 Å². The van der Waals surface area contributed by atoms with Crippen molar-refractivity contribution >= 4 is 27.5 Å². The topological polar surface area (TPSA) is 66.5 Å². The fourth-order valence-corrected chi connectivity index (χ4v) is 6.98. The van der Waals surface area contributed by atoms with Gasteiger partial charge in [0.15, 0.2) is 0 Å². The number of hydrogen-bond acceptors (Lipinski definition) is 3. The first-order chi connectivity index (χ1) is 13.3. The maximum absolute atomic E-state index is 14.0. The summed E-state index contributed by atoms with van der Waals surface area (Å²) in [4.78, 5) is 12.6. The van der Waals surface area contributed by atoms with Crippen LogP contribution in [0.15, 0.2) is 18.2 Å². The molecule has 2 aliphatic carbocycles. The van der Waals surface area contributed by atoms with Gasteiger partial charge in [-0.3, -0.25) is 4.79 Å².